The van der Waals surface area contributed by atoms with Gasteiger partial charge in [-0.25, -0.2) is 9.78 Å². The van der Waals surface area contributed by atoms with Gasteiger partial charge in [0.25, 0.3) is 0 Å². The van der Waals surface area contributed by atoms with Gasteiger partial charge in [-0.15, -0.1) is 0 Å². The summed E-state index contributed by atoms with van der Waals surface area (Å²) < 4.78 is 0. The van der Waals surface area contributed by atoms with Crippen molar-refractivity contribution in [2.75, 3.05) is 0 Å². The standard InChI is InChI=1S/C16H12ClN3O3/c17-13-5-10(7-14-12(13)8-19-20-14)4-11(21)3-9-1-2-18-15(6-9)16(22)23/h1-2,5-8H,3-4H2,(H,19,20)(H,22,23). The third-order valence-electron chi connectivity index (χ3n) is 3.41. The Kier molecular flexibility index (Phi) is 4.08. The molecule has 0 amide bonds. The zero-order chi connectivity index (χ0) is 16.4. The topological polar surface area (TPSA) is 95.9 Å². The Bertz CT molecular complexity index is 904. The Morgan fingerprint density at radius 1 is 1.17 bits per heavy atom. The molecule has 0 aliphatic heterocycles. The molecule has 23 heavy (non-hydrogen) atoms. The van der Waals surface area contributed by atoms with Crippen molar-refractivity contribution in [3.63, 3.8) is 0 Å². The summed E-state index contributed by atoms with van der Waals surface area (Å²) in [7, 11) is 0. The summed E-state index contributed by atoms with van der Waals surface area (Å²) in [4.78, 5) is 26.8. The second-order valence-electron chi connectivity index (χ2n) is 5.16. The Morgan fingerprint density at radius 2 is 1.96 bits per heavy atom. The summed E-state index contributed by atoms with van der Waals surface area (Å²) in [6.45, 7) is 0. The van der Waals surface area contributed by atoms with Gasteiger partial charge in [0.1, 0.15) is 11.5 Å². The number of aromatic amines is 1. The zero-order valence-corrected chi connectivity index (χ0v) is 12.7. The molecule has 6 nitrogen and oxygen atoms in total. The molecule has 0 bridgehead atoms. The largest absolute Gasteiger partial charge is 0.477 e. The van der Waals surface area contributed by atoms with E-state index < -0.39 is 5.97 Å². The summed E-state index contributed by atoms with van der Waals surface area (Å²) in [6, 6.07) is 6.62. The van der Waals surface area contributed by atoms with Crippen LogP contribution in [0, 0.1) is 0 Å². The minimum Gasteiger partial charge on any atom is -0.477 e. The van der Waals surface area contributed by atoms with Gasteiger partial charge in [-0.2, -0.15) is 5.10 Å². The van der Waals surface area contributed by atoms with E-state index in [0.717, 1.165) is 16.5 Å². The molecule has 0 saturated carbocycles. The number of halogens is 1. The number of carbonyl (C=O) groups is 2. The third-order valence-corrected chi connectivity index (χ3v) is 3.73. The molecule has 2 heterocycles. The first-order valence-corrected chi connectivity index (χ1v) is 7.22. The summed E-state index contributed by atoms with van der Waals surface area (Å²) in [5.74, 6) is -1.15. The summed E-state index contributed by atoms with van der Waals surface area (Å²) in [5, 5.41) is 17.0. The second kappa shape index (κ2) is 6.18. The number of Topliss-reactive ketones (excluding diaryl/α,β-unsaturated/α-hetero) is 1. The lowest BCUT2D eigenvalue weighted by Crippen LogP contribution is -2.08. The predicted octanol–water partition coefficient (Wildman–Crippen LogP) is 2.66. The van der Waals surface area contributed by atoms with Crippen molar-refractivity contribution in [2.24, 2.45) is 0 Å². The number of fused-ring (bicyclic) bond motifs is 1. The molecule has 0 saturated heterocycles. The van der Waals surface area contributed by atoms with Crippen molar-refractivity contribution in [1.29, 1.82) is 0 Å². The van der Waals surface area contributed by atoms with Crippen molar-refractivity contribution in [2.45, 2.75) is 12.8 Å². The van der Waals surface area contributed by atoms with E-state index in [9.17, 15) is 9.59 Å². The Hall–Kier alpha value is -2.73. The molecule has 0 spiro atoms. The monoisotopic (exact) mass is 329 g/mol. The average Bonchev–Trinajstić information content (AvgIpc) is 2.96. The lowest BCUT2D eigenvalue weighted by atomic mass is 10.0. The smallest absolute Gasteiger partial charge is 0.354 e. The van der Waals surface area contributed by atoms with E-state index >= 15 is 0 Å². The maximum atomic E-state index is 12.2. The molecule has 3 rings (SSSR count). The van der Waals surface area contributed by atoms with Gasteiger partial charge in [-0.05, 0) is 35.4 Å². The lowest BCUT2D eigenvalue weighted by Gasteiger charge is -2.04. The number of benzene rings is 1. The van der Waals surface area contributed by atoms with Crippen molar-refractivity contribution >= 4 is 34.3 Å². The van der Waals surface area contributed by atoms with Crippen LogP contribution in [0.2, 0.25) is 5.02 Å². The number of H-pyrrole nitrogens is 1. The molecule has 0 unspecified atom stereocenters. The number of carboxylic acids is 1. The lowest BCUT2D eigenvalue weighted by molar-refractivity contribution is -0.117. The van der Waals surface area contributed by atoms with Crippen molar-refractivity contribution in [3.8, 4) is 0 Å². The van der Waals surface area contributed by atoms with E-state index in [1.807, 2.05) is 6.07 Å². The third kappa shape index (κ3) is 3.37. The maximum absolute atomic E-state index is 12.2. The van der Waals surface area contributed by atoms with Crippen molar-refractivity contribution < 1.29 is 14.7 Å². The van der Waals surface area contributed by atoms with Crippen LogP contribution < -0.4 is 0 Å². The molecule has 0 aliphatic rings. The second-order valence-corrected chi connectivity index (χ2v) is 5.56. The fourth-order valence-electron chi connectivity index (χ4n) is 2.39. The van der Waals surface area contributed by atoms with E-state index in [-0.39, 0.29) is 24.3 Å². The Morgan fingerprint density at radius 3 is 2.74 bits per heavy atom. The molecule has 0 radical (unpaired) electrons. The van der Waals surface area contributed by atoms with Gasteiger partial charge in [0.05, 0.1) is 16.7 Å². The van der Waals surface area contributed by atoms with Crippen LogP contribution in [-0.2, 0) is 17.6 Å². The van der Waals surface area contributed by atoms with Gasteiger partial charge < -0.3 is 5.11 Å². The van der Waals surface area contributed by atoms with Gasteiger partial charge in [0, 0.05) is 24.4 Å². The van der Waals surface area contributed by atoms with Crippen LogP contribution in [0.15, 0.2) is 36.7 Å². The van der Waals surface area contributed by atoms with E-state index in [2.05, 4.69) is 15.2 Å². The van der Waals surface area contributed by atoms with Gasteiger partial charge in [0.2, 0.25) is 0 Å². The first-order chi connectivity index (χ1) is 11.0. The van der Waals surface area contributed by atoms with Crippen molar-refractivity contribution in [1.82, 2.24) is 15.2 Å². The highest BCUT2D eigenvalue weighted by atomic mass is 35.5. The number of carbonyl (C=O) groups excluding carboxylic acids is 1. The molecule has 0 atom stereocenters. The van der Waals surface area contributed by atoms with Crippen molar-refractivity contribution in [3.05, 3.63) is 58.5 Å². The number of pyridine rings is 1. The molecule has 7 heteroatoms. The van der Waals surface area contributed by atoms with Crippen LogP contribution in [0.1, 0.15) is 21.6 Å². The molecule has 2 N–H and O–H groups in total. The van der Waals surface area contributed by atoms with E-state index in [1.54, 1.807) is 18.3 Å². The Balaban J connectivity index is 1.75. The summed E-state index contributed by atoms with van der Waals surface area (Å²) >= 11 is 6.16. The van der Waals surface area contributed by atoms with Gasteiger partial charge in [-0.1, -0.05) is 11.6 Å². The number of nitrogens with zero attached hydrogens (tertiary/aromatic N) is 2. The highest BCUT2D eigenvalue weighted by molar-refractivity contribution is 6.35. The predicted molar refractivity (Wildman–Crippen MR) is 84.7 cm³/mol. The minimum atomic E-state index is -1.12. The van der Waals surface area contributed by atoms with Gasteiger partial charge in [-0.3, -0.25) is 9.89 Å². The fraction of sp³-hybridized carbons (Fsp3) is 0.125. The Labute approximate surface area is 136 Å². The molecule has 3 aromatic rings. The molecular weight excluding hydrogens is 318 g/mol. The first-order valence-electron chi connectivity index (χ1n) is 6.84. The van der Waals surface area contributed by atoms with E-state index in [1.165, 1.54) is 12.3 Å². The van der Waals surface area contributed by atoms with Gasteiger partial charge in [0.15, 0.2) is 0 Å². The number of ketones is 1. The highest BCUT2D eigenvalue weighted by Gasteiger charge is 2.11. The number of carboxylic acid groups (broad SMARTS) is 1. The first kappa shape index (κ1) is 15.2. The number of aromatic nitrogens is 3. The van der Waals surface area contributed by atoms with Crippen LogP contribution in [0.3, 0.4) is 0 Å². The van der Waals surface area contributed by atoms with Crippen LogP contribution in [0.4, 0.5) is 0 Å². The number of nitrogens with one attached hydrogen (secondary N) is 1. The summed E-state index contributed by atoms with van der Waals surface area (Å²) in [6.07, 6.45) is 3.37. The van der Waals surface area contributed by atoms with Crippen LogP contribution in [0.25, 0.3) is 10.9 Å². The average molecular weight is 330 g/mol. The van der Waals surface area contributed by atoms with Gasteiger partial charge >= 0.3 is 5.97 Å². The molecule has 0 fully saturated rings. The van der Waals surface area contributed by atoms with Crippen LogP contribution in [0.5, 0.6) is 0 Å². The molecule has 1 aromatic carbocycles. The number of hydrogen-bond donors (Lipinski definition) is 2. The quantitative estimate of drug-likeness (QED) is 0.750. The van der Waals surface area contributed by atoms with Crippen LogP contribution in [-0.4, -0.2) is 32.0 Å². The van der Waals surface area contributed by atoms with E-state index in [0.29, 0.717) is 10.6 Å². The SMILES string of the molecule is O=C(Cc1ccnc(C(=O)O)c1)Cc1cc(Cl)c2cn[nH]c2c1. The molecule has 116 valence electrons. The number of hydrogen-bond acceptors (Lipinski definition) is 4. The number of aromatic carboxylic acids is 1. The fourth-order valence-corrected chi connectivity index (χ4v) is 2.68. The maximum Gasteiger partial charge on any atom is 0.354 e. The highest BCUT2D eigenvalue weighted by Crippen LogP contribution is 2.24. The van der Waals surface area contributed by atoms with E-state index in [4.69, 9.17) is 16.7 Å². The zero-order valence-electron chi connectivity index (χ0n) is 11.9. The van der Waals surface area contributed by atoms with Crippen LogP contribution >= 0.6 is 11.6 Å². The number of rotatable bonds is 5. The minimum absolute atomic E-state index is 0.0394. The molecule has 2 aromatic heterocycles. The molecular formula is C16H12ClN3O3. The normalized spacial score (nSPS) is 10.8. The molecule has 0 aliphatic carbocycles. The summed E-state index contributed by atoms with van der Waals surface area (Å²) in [5.41, 5.74) is 2.11.